The molecule has 2 aromatic heterocycles. The standard InChI is InChI=1S/C25H26F2N6O.C4H8O.H2/c1-15-13-33(24-21-23(29-25(34)30-24)31(3)14-28-21)16(2)12-32(15)22(17-4-8-19(26)9-5-17)18-6-10-20(27)11-7-18;1-2-4-5-3-1;/h4-11,14-16,22H,12-13H2,1-3H3,(H,29,30,34);1-4H2;1H/t15-,16+;;/m1../s1. The average molecular weight is 539 g/mol. The molecule has 2 atom stereocenters. The second-order valence-corrected chi connectivity index (χ2v) is 10.3. The van der Waals surface area contributed by atoms with Crippen LogP contribution >= 0.6 is 0 Å². The number of fused-ring (bicyclic) bond motifs is 1. The van der Waals surface area contributed by atoms with Gasteiger partial charge in [0.2, 0.25) is 0 Å². The first-order valence-corrected chi connectivity index (χ1v) is 13.3. The molecule has 0 unspecified atom stereocenters. The summed E-state index contributed by atoms with van der Waals surface area (Å²) < 4.78 is 34.1. The summed E-state index contributed by atoms with van der Waals surface area (Å²) in [7, 11) is 1.83. The number of aryl methyl sites for hydroxylation is 1. The van der Waals surface area contributed by atoms with Crippen molar-refractivity contribution in [3.63, 3.8) is 0 Å². The number of hydrogen-bond acceptors (Lipinski definition) is 6. The SMILES string of the molecule is C1CCOC1.C[C@@H]1CN(c2nc(=O)[nH]c3c2ncn3C)[C@@H](C)CN1C(c1ccc(F)cc1)c1ccc(F)cc1.[HH]. The number of aromatic amines is 1. The van der Waals surface area contributed by atoms with Crippen molar-refractivity contribution in [3.05, 3.63) is 88.1 Å². The molecular weight excluding hydrogens is 502 g/mol. The lowest BCUT2D eigenvalue weighted by molar-refractivity contribution is 0.129. The van der Waals surface area contributed by atoms with E-state index in [9.17, 15) is 13.6 Å². The van der Waals surface area contributed by atoms with Gasteiger partial charge in [0.15, 0.2) is 5.82 Å². The van der Waals surface area contributed by atoms with Gasteiger partial charge in [-0.1, -0.05) is 24.3 Å². The van der Waals surface area contributed by atoms with Crippen LogP contribution in [0, 0.1) is 11.6 Å². The molecule has 0 bridgehead atoms. The number of rotatable bonds is 4. The Kier molecular flexibility index (Phi) is 8.04. The molecule has 10 heteroatoms. The maximum absolute atomic E-state index is 13.7. The van der Waals surface area contributed by atoms with Gasteiger partial charge in [-0.25, -0.2) is 18.6 Å². The fraction of sp³-hybridized carbons (Fsp3) is 0.414. The van der Waals surface area contributed by atoms with E-state index in [0.717, 1.165) is 24.3 Å². The van der Waals surface area contributed by atoms with Crippen molar-refractivity contribution in [1.29, 1.82) is 0 Å². The van der Waals surface area contributed by atoms with E-state index in [-0.39, 0.29) is 31.2 Å². The van der Waals surface area contributed by atoms with Crippen molar-refractivity contribution in [2.75, 3.05) is 31.2 Å². The highest BCUT2D eigenvalue weighted by Gasteiger charge is 2.36. The van der Waals surface area contributed by atoms with Crippen LogP contribution < -0.4 is 10.6 Å². The van der Waals surface area contributed by atoms with E-state index in [1.807, 2.05) is 7.05 Å². The third kappa shape index (κ3) is 5.86. The Morgan fingerprint density at radius 2 is 1.54 bits per heavy atom. The summed E-state index contributed by atoms with van der Waals surface area (Å²) in [5, 5.41) is 0. The largest absolute Gasteiger partial charge is 0.381 e. The minimum atomic E-state index is -0.413. The number of imidazole rings is 1. The molecule has 4 aromatic rings. The maximum Gasteiger partial charge on any atom is 0.348 e. The highest BCUT2D eigenvalue weighted by atomic mass is 19.1. The zero-order chi connectivity index (χ0) is 27.5. The fourth-order valence-corrected chi connectivity index (χ4v) is 5.40. The number of nitrogens with zero attached hydrogens (tertiary/aromatic N) is 5. The third-order valence-electron chi connectivity index (χ3n) is 7.42. The predicted molar refractivity (Wildman–Crippen MR) is 149 cm³/mol. The zero-order valence-electron chi connectivity index (χ0n) is 22.5. The first-order chi connectivity index (χ1) is 18.8. The van der Waals surface area contributed by atoms with Crippen LogP contribution in [0.1, 0.15) is 45.3 Å². The summed E-state index contributed by atoms with van der Waals surface area (Å²) in [4.78, 5) is 28.2. The molecule has 2 aliphatic heterocycles. The number of halogens is 2. The van der Waals surface area contributed by atoms with Gasteiger partial charge in [0.05, 0.1) is 12.4 Å². The van der Waals surface area contributed by atoms with E-state index in [1.165, 1.54) is 37.1 Å². The number of anilines is 1. The van der Waals surface area contributed by atoms with Crippen LogP contribution in [-0.2, 0) is 11.8 Å². The van der Waals surface area contributed by atoms with Gasteiger partial charge in [0.25, 0.3) is 0 Å². The number of piperazine rings is 1. The van der Waals surface area contributed by atoms with Crippen LogP contribution in [0.15, 0.2) is 59.7 Å². The minimum absolute atomic E-state index is 0. The molecular formula is C29H36F2N6O2. The predicted octanol–water partition coefficient (Wildman–Crippen LogP) is 4.67. The Hall–Kier alpha value is -3.63. The third-order valence-corrected chi connectivity index (χ3v) is 7.42. The number of aromatic nitrogens is 4. The van der Waals surface area contributed by atoms with Crippen molar-refractivity contribution in [1.82, 2.24) is 24.4 Å². The Morgan fingerprint density at radius 3 is 2.08 bits per heavy atom. The fourth-order valence-electron chi connectivity index (χ4n) is 5.40. The quantitative estimate of drug-likeness (QED) is 0.407. The van der Waals surface area contributed by atoms with Crippen LogP contribution in [0.2, 0.25) is 0 Å². The zero-order valence-corrected chi connectivity index (χ0v) is 22.5. The van der Waals surface area contributed by atoms with E-state index in [2.05, 4.69) is 38.6 Å². The second-order valence-electron chi connectivity index (χ2n) is 10.3. The van der Waals surface area contributed by atoms with E-state index in [0.29, 0.717) is 30.1 Å². The van der Waals surface area contributed by atoms with Crippen LogP contribution in [0.25, 0.3) is 11.2 Å². The lowest BCUT2D eigenvalue weighted by atomic mass is 9.93. The lowest BCUT2D eigenvalue weighted by Crippen LogP contribution is -2.58. The lowest BCUT2D eigenvalue weighted by Gasteiger charge is -2.48. The molecule has 8 nitrogen and oxygen atoms in total. The number of hydrogen-bond donors (Lipinski definition) is 1. The van der Waals surface area contributed by atoms with E-state index >= 15 is 0 Å². The molecule has 0 amide bonds. The molecule has 0 aliphatic carbocycles. The number of nitrogens with one attached hydrogen (secondary N) is 1. The Bertz CT molecular complexity index is 1400. The molecule has 4 heterocycles. The molecule has 2 saturated heterocycles. The second kappa shape index (κ2) is 11.6. The van der Waals surface area contributed by atoms with E-state index in [1.54, 1.807) is 35.2 Å². The molecule has 6 rings (SSSR count). The molecule has 2 aromatic carbocycles. The highest BCUT2D eigenvalue weighted by molar-refractivity contribution is 5.83. The molecule has 39 heavy (non-hydrogen) atoms. The first-order valence-electron chi connectivity index (χ1n) is 13.3. The van der Waals surface area contributed by atoms with Gasteiger partial charge in [-0.3, -0.25) is 9.88 Å². The highest BCUT2D eigenvalue weighted by Crippen LogP contribution is 2.35. The van der Waals surface area contributed by atoms with Crippen LogP contribution in [-0.4, -0.2) is 62.8 Å². The molecule has 0 radical (unpaired) electrons. The average Bonchev–Trinajstić information content (AvgIpc) is 3.62. The van der Waals surface area contributed by atoms with E-state index < -0.39 is 5.69 Å². The maximum atomic E-state index is 13.7. The van der Waals surface area contributed by atoms with Crippen molar-refractivity contribution >= 4 is 17.0 Å². The van der Waals surface area contributed by atoms with Crippen molar-refractivity contribution in [2.45, 2.75) is 44.8 Å². The molecule has 0 spiro atoms. The topological polar surface area (TPSA) is 79.3 Å². The summed E-state index contributed by atoms with van der Waals surface area (Å²) in [6, 6.07) is 12.8. The normalized spacial score (nSPS) is 19.9. The molecule has 1 N–H and O–H groups in total. The summed E-state index contributed by atoms with van der Waals surface area (Å²) in [6.45, 7) is 7.47. The van der Waals surface area contributed by atoms with Gasteiger partial charge in [-0.05, 0) is 62.1 Å². The first kappa shape index (κ1) is 27.0. The molecule has 0 saturated carbocycles. The molecule has 2 aliphatic rings. The van der Waals surface area contributed by atoms with Crippen molar-refractivity contribution in [2.24, 2.45) is 7.05 Å². The van der Waals surface area contributed by atoms with E-state index in [4.69, 9.17) is 4.74 Å². The van der Waals surface area contributed by atoms with Crippen molar-refractivity contribution in [3.8, 4) is 0 Å². The van der Waals surface area contributed by atoms with Crippen LogP contribution in [0.4, 0.5) is 14.6 Å². The minimum Gasteiger partial charge on any atom is -0.381 e. The van der Waals surface area contributed by atoms with Gasteiger partial charge in [-0.2, -0.15) is 4.98 Å². The summed E-state index contributed by atoms with van der Waals surface area (Å²) in [5.74, 6) is -0.0290. The number of H-pyrrole nitrogens is 1. The number of ether oxygens (including phenoxy) is 1. The monoisotopic (exact) mass is 538 g/mol. The summed E-state index contributed by atoms with van der Waals surface area (Å²) in [5.41, 5.74) is 2.74. The van der Waals surface area contributed by atoms with Crippen LogP contribution in [0.5, 0.6) is 0 Å². The van der Waals surface area contributed by atoms with Gasteiger partial charge >= 0.3 is 5.69 Å². The Labute approximate surface area is 227 Å². The van der Waals surface area contributed by atoms with Crippen LogP contribution in [0.3, 0.4) is 0 Å². The summed E-state index contributed by atoms with van der Waals surface area (Å²) >= 11 is 0. The van der Waals surface area contributed by atoms with Gasteiger partial charge in [0, 0.05) is 46.9 Å². The Balaban J connectivity index is 0.000000557. The number of benzene rings is 2. The summed E-state index contributed by atoms with van der Waals surface area (Å²) in [6.07, 6.45) is 4.22. The van der Waals surface area contributed by atoms with Gasteiger partial charge < -0.3 is 14.2 Å². The molecule has 208 valence electrons. The van der Waals surface area contributed by atoms with Crippen molar-refractivity contribution < 1.29 is 14.9 Å². The smallest absolute Gasteiger partial charge is 0.348 e. The van der Waals surface area contributed by atoms with Gasteiger partial charge in [-0.15, -0.1) is 0 Å². The Morgan fingerprint density at radius 1 is 0.949 bits per heavy atom. The molecule has 2 fully saturated rings. The van der Waals surface area contributed by atoms with Gasteiger partial charge in [0.1, 0.15) is 22.8 Å².